The molecule has 1 aromatic heterocycles. The van der Waals surface area contributed by atoms with Crippen molar-refractivity contribution in [2.75, 3.05) is 18.0 Å². The lowest BCUT2D eigenvalue weighted by Gasteiger charge is -2.17. The fourth-order valence-corrected chi connectivity index (χ4v) is 2.44. The molecule has 1 N–H and O–H groups in total. The first-order valence-corrected chi connectivity index (χ1v) is 7.17. The van der Waals surface area contributed by atoms with Crippen LogP contribution in [0.5, 0.6) is 0 Å². The van der Waals surface area contributed by atoms with Gasteiger partial charge in [-0.1, -0.05) is 0 Å². The van der Waals surface area contributed by atoms with Gasteiger partial charge >= 0.3 is 0 Å². The number of aryl methyl sites for hydroxylation is 1. The van der Waals surface area contributed by atoms with Crippen LogP contribution in [-0.4, -0.2) is 34.1 Å². The van der Waals surface area contributed by atoms with Crippen molar-refractivity contribution >= 4 is 5.69 Å². The van der Waals surface area contributed by atoms with Crippen molar-refractivity contribution in [2.45, 2.75) is 51.7 Å². The molecule has 5 nitrogen and oxygen atoms in total. The summed E-state index contributed by atoms with van der Waals surface area (Å²) in [5.74, 6) is 0. The summed E-state index contributed by atoms with van der Waals surface area (Å²) in [6.45, 7) is 4.47. The Bertz CT molecular complexity index is 450. The van der Waals surface area contributed by atoms with Crippen molar-refractivity contribution in [3.63, 3.8) is 0 Å². The fraction of sp³-hybridized carbons (Fsp3) is 0.714. The fourth-order valence-electron chi connectivity index (χ4n) is 2.44. The van der Waals surface area contributed by atoms with E-state index in [1.54, 1.807) is 19.2 Å². The van der Waals surface area contributed by atoms with Crippen LogP contribution in [0.2, 0.25) is 0 Å². The molecule has 0 amide bonds. The van der Waals surface area contributed by atoms with Gasteiger partial charge in [0.2, 0.25) is 0 Å². The van der Waals surface area contributed by atoms with Crippen LogP contribution in [0, 0.1) is 0 Å². The Kier molecular flexibility index (Phi) is 4.96. The first-order valence-electron chi connectivity index (χ1n) is 7.17. The molecule has 0 aromatic carbocycles. The number of aliphatic hydroxyl groups excluding tert-OH is 1. The van der Waals surface area contributed by atoms with Gasteiger partial charge in [0.05, 0.1) is 18.0 Å². The number of aromatic nitrogens is 2. The summed E-state index contributed by atoms with van der Waals surface area (Å²) in [7, 11) is 0. The van der Waals surface area contributed by atoms with E-state index in [-0.39, 0.29) is 11.7 Å². The van der Waals surface area contributed by atoms with E-state index in [0.29, 0.717) is 6.54 Å². The van der Waals surface area contributed by atoms with Crippen LogP contribution in [0.4, 0.5) is 5.69 Å². The summed E-state index contributed by atoms with van der Waals surface area (Å²) in [4.78, 5) is 14.2. The highest BCUT2D eigenvalue weighted by molar-refractivity contribution is 5.43. The summed E-state index contributed by atoms with van der Waals surface area (Å²) < 4.78 is 1.52. The molecule has 1 aliphatic rings. The molecule has 19 heavy (non-hydrogen) atoms. The van der Waals surface area contributed by atoms with E-state index in [0.717, 1.165) is 38.0 Å². The minimum atomic E-state index is -0.262. The Balaban J connectivity index is 1.90. The topological polar surface area (TPSA) is 58.4 Å². The summed E-state index contributed by atoms with van der Waals surface area (Å²) in [5, 5.41) is 13.4. The van der Waals surface area contributed by atoms with E-state index in [1.165, 1.54) is 17.5 Å². The Hall–Kier alpha value is -1.36. The van der Waals surface area contributed by atoms with Crippen LogP contribution in [-0.2, 0) is 6.54 Å². The second-order valence-electron chi connectivity index (χ2n) is 5.31. The Morgan fingerprint density at radius 3 is 2.74 bits per heavy atom. The predicted molar refractivity (Wildman–Crippen MR) is 75.5 cm³/mol. The summed E-state index contributed by atoms with van der Waals surface area (Å²) in [5.41, 5.74) is 0.921. The molecule has 0 saturated carbocycles. The summed E-state index contributed by atoms with van der Waals surface area (Å²) in [6, 6.07) is 1.69. The van der Waals surface area contributed by atoms with Gasteiger partial charge in [-0.3, -0.25) is 4.79 Å². The van der Waals surface area contributed by atoms with Crippen molar-refractivity contribution < 1.29 is 5.11 Å². The molecule has 1 aromatic rings. The molecule has 0 bridgehead atoms. The lowest BCUT2D eigenvalue weighted by atomic mass is 10.2. The quantitative estimate of drug-likeness (QED) is 0.790. The van der Waals surface area contributed by atoms with E-state index in [1.807, 2.05) is 0 Å². The van der Waals surface area contributed by atoms with Gasteiger partial charge in [-0.25, -0.2) is 4.68 Å². The smallest absolute Gasteiger partial charge is 0.268 e. The van der Waals surface area contributed by atoms with Gasteiger partial charge in [0.1, 0.15) is 0 Å². The van der Waals surface area contributed by atoms with Gasteiger partial charge in [0.25, 0.3) is 5.56 Å². The summed E-state index contributed by atoms with van der Waals surface area (Å²) in [6.07, 6.45) is 6.50. The van der Waals surface area contributed by atoms with E-state index in [4.69, 9.17) is 0 Å². The van der Waals surface area contributed by atoms with E-state index in [9.17, 15) is 9.90 Å². The van der Waals surface area contributed by atoms with Gasteiger partial charge in [0.15, 0.2) is 0 Å². The summed E-state index contributed by atoms with van der Waals surface area (Å²) >= 11 is 0. The molecule has 1 atom stereocenters. The third kappa shape index (κ3) is 4.06. The predicted octanol–water partition coefficient (Wildman–Crippen LogP) is 1.39. The molecular formula is C14H23N3O2. The highest BCUT2D eigenvalue weighted by atomic mass is 16.3. The van der Waals surface area contributed by atoms with Crippen molar-refractivity contribution in [1.29, 1.82) is 0 Å². The molecule has 5 heteroatoms. The first-order chi connectivity index (χ1) is 9.16. The van der Waals surface area contributed by atoms with E-state index < -0.39 is 0 Å². The SMILES string of the molecule is CC(O)CCCCn1ncc(N2CCCC2)cc1=O. The minimum Gasteiger partial charge on any atom is -0.393 e. The van der Waals surface area contributed by atoms with Crippen LogP contribution in [0.1, 0.15) is 39.0 Å². The lowest BCUT2D eigenvalue weighted by molar-refractivity contribution is 0.179. The molecule has 1 saturated heterocycles. The second kappa shape index (κ2) is 6.70. The Morgan fingerprint density at radius 2 is 2.11 bits per heavy atom. The maximum atomic E-state index is 11.9. The Labute approximate surface area is 113 Å². The molecule has 1 aliphatic heterocycles. The highest BCUT2D eigenvalue weighted by Crippen LogP contribution is 2.16. The number of rotatable bonds is 6. The van der Waals surface area contributed by atoms with Gasteiger partial charge < -0.3 is 10.0 Å². The molecule has 0 spiro atoms. The number of unbranched alkanes of at least 4 members (excludes halogenated alkanes) is 1. The number of hydrogen-bond acceptors (Lipinski definition) is 4. The zero-order valence-electron chi connectivity index (χ0n) is 11.6. The van der Waals surface area contributed by atoms with Gasteiger partial charge in [-0.15, -0.1) is 0 Å². The number of nitrogens with zero attached hydrogens (tertiary/aromatic N) is 3. The zero-order valence-corrected chi connectivity index (χ0v) is 11.6. The number of hydrogen-bond donors (Lipinski definition) is 1. The third-order valence-electron chi connectivity index (χ3n) is 3.57. The number of aliphatic hydroxyl groups is 1. The van der Waals surface area contributed by atoms with Gasteiger partial charge in [0, 0.05) is 25.7 Å². The molecule has 1 unspecified atom stereocenters. The van der Waals surface area contributed by atoms with Crippen LogP contribution in [0.15, 0.2) is 17.1 Å². The monoisotopic (exact) mass is 265 g/mol. The highest BCUT2D eigenvalue weighted by Gasteiger charge is 2.13. The average molecular weight is 265 g/mol. The molecule has 2 rings (SSSR count). The number of anilines is 1. The molecule has 106 valence electrons. The zero-order chi connectivity index (χ0) is 13.7. The minimum absolute atomic E-state index is 0.0264. The van der Waals surface area contributed by atoms with Crippen molar-refractivity contribution in [2.24, 2.45) is 0 Å². The van der Waals surface area contributed by atoms with Crippen LogP contribution in [0.3, 0.4) is 0 Å². The lowest BCUT2D eigenvalue weighted by Crippen LogP contribution is -2.26. The molecule has 0 radical (unpaired) electrons. The average Bonchev–Trinajstić information content (AvgIpc) is 2.89. The van der Waals surface area contributed by atoms with E-state index >= 15 is 0 Å². The van der Waals surface area contributed by atoms with Crippen LogP contribution >= 0.6 is 0 Å². The second-order valence-corrected chi connectivity index (χ2v) is 5.31. The third-order valence-corrected chi connectivity index (χ3v) is 3.57. The van der Waals surface area contributed by atoms with E-state index in [2.05, 4.69) is 10.00 Å². The Morgan fingerprint density at radius 1 is 1.37 bits per heavy atom. The molecular weight excluding hydrogens is 242 g/mol. The first kappa shape index (κ1) is 14.1. The molecule has 0 aliphatic carbocycles. The van der Waals surface area contributed by atoms with Gasteiger partial charge in [-0.2, -0.15) is 5.10 Å². The van der Waals surface area contributed by atoms with Crippen molar-refractivity contribution in [3.8, 4) is 0 Å². The normalized spacial score (nSPS) is 16.8. The maximum Gasteiger partial charge on any atom is 0.268 e. The maximum absolute atomic E-state index is 11.9. The van der Waals surface area contributed by atoms with Crippen LogP contribution < -0.4 is 10.5 Å². The standard InChI is InChI=1S/C14H23N3O2/c1-12(18)6-2-3-9-17-14(19)10-13(11-15-17)16-7-4-5-8-16/h10-12,18H,2-9H2,1H3. The van der Waals surface area contributed by atoms with Crippen molar-refractivity contribution in [3.05, 3.63) is 22.6 Å². The van der Waals surface area contributed by atoms with Crippen LogP contribution in [0.25, 0.3) is 0 Å². The van der Waals surface area contributed by atoms with Gasteiger partial charge in [-0.05, 0) is 39.0 Å². The largest absolute Gasteiger partial charge is 0.393 e. The molecule has 1 fully saturated rings. The molecule has 2 heterocycles. The van der Waals surface area contributed by atoms with Crippen molar-refractivity contribution in [1.82, 2.24) is 9.78 Å².